The predicted octanol–water partition coefficient (Wildman–Crippen LogP) is 4.27. The zero-order valence-electron chi connectivity index (χ0n) is 23.6. The largest absolute Gasteiger partial charge is 0.480 e. The van der Waals surface area contributed by atoms with Crippen LogP contribution in [0.4, 0.5) is 9.59 Å². The first kappa shape index (κ1) is 31.0. The summed E-state index contributed by atoms with van der Waals surface area (Å²) >= 11 is 0. The molecule has 2 aromatic carbocycles. The molecule has 0 bridgehead atoms. The van der Waals surface area contributed by atoms with Gasteiger partial charge in [0.1, 0.15) is 24.3 Å². The van der Waals surface area contributed by atoms with Crippen molar-refractivity contribution in [2.75, 3.05) is 6.54 Å². The van der Waals surface area contributed by atoms with Gasteiger partial charge in [0.15, 0.2) is 0 Å². The summed E-state index contributed by atoms with van der Waals surface area (Å²) in [5.41, 5.74) is 1.75. The molecule has 0 aliphatic heterocycles. The van der Waals surface area contributed by atoms with Crippen LogP contribution in [0.2, 0.25) is 0 Å². The van der Waals surface area contributed by atoms with Crippen molar-refractivity contribution in [3.63, 3.8) is 0 Å². The van der Waals surface area contributed by atoms with E-state index in [2.05, 4.69) is 20.9 Å². The lowest BCUT2D eigenvalue weighted by Crippen LogP contribution is -2.53. The van der Waals surface area contributed by atoms with Crippen molar-refractivity contribution < 1.29 is 33.8 Å². The molecular weight excluding hydrogens is 528 g/mol. The lowest BCUT2D eigenvalue weighted by atomic mass is 10.0. The Kier molecular flexibility index (Phi) is 11.1. The van der Waals surface area contributed by atoms with Crippen molar-refractivity contribution >= 4 is 35.0 Å². The number of hydrogen-bond acceptors (Lipinski definition) is 6. The lowest BCUT2D eigenvalue weighted by molar-refractivity contribution is -0.142. The van der Waals surface area contributed by atoms with Crippen LogP contribution >= 0.6 is 0 Å². The minimum absolute atomic E-state index is 0.121. The van der Waals surface area contributed by atoms with Gasteiger partial charge in [0, 0.05) is 30.1 Å². The quantitative estimate of drug-likeness (QED) is 0.193. The monoisotopic (exact) mass is 566 g/mol. The molecule has 0 unspecified atom stereocenters. The Hall–Kier alpha value is -4.54. The van der Waals surface area contributed by atoms with E-state index < -0.39 is 41.7 Å². The van der Waals surface area contributed by atoms with Crippen molar-refractivity contribution in [1.29, 1.82) is 0 Å². The zero-order valence-corrected chi connectivity index (χ0v) is 23.6. The van der Waals surface area contributed by atoms with Gasteiger partial charge in [0.25, 0.3) is 0 Å². The van der Waals surface area contributed by atoms with Crippen molar-refractivity contribution in [1.82, 2.24) is 20.9 Å². The third-order valence-corrected chi connectivity index (χ3v) is 6.12. The molecule has 0 aliphatic carbocycles. The number of para-hydroxylation sites is 1. The van der Waals surface area contributed by atoms with Crippen molar-refractivity contribution in [3.05, 3.63) is 71.9 Å². The van der Waals surface area contributed by atoms with Crippen molar-refractivity contribution in [3.8, 4) is 0 Å². The van der Waals surface area contributed by atoms with Crippen LogP contribution in [0, 0.1) is 0 Å². The second-order valence-corrected chi connectivity index (χ2v) is 10.6. The Morgan fingerprint density at radius 3 is 2.32 bits per heavy atom. The molecule has 1 aromatic heterocycles. The average Bonchev–Trinajstić information content (AvgIpc) is 3.32. The number of aromatic amines is 1. The average molecular weight is 567 g/mol. The number of H-pyrrole nitrogens is 1. The van der Waals surface area contributed by atoms with E-state index in [0.29, 0.717) is 12.8 Å². The number of amides is 3. The molecule has 0 spiro atoms. The minimum atomic E-state index is -1.20. The van der Waals surface area contributed by atoms with E-state index >= 15 is 0 Å². The van der Waals surface area contributed by atoms with E-state index in [1.54, 1.807) is 27.0 Å². The van der Waals surface area contributed by atoms with Crippen LogP contribution < -0.4 is 16.0 Å². The summed E-state index contributed by atoms with van der Waals surface area (Å²) in [7, 11) is 0. The maximum Gasteiger partial charge on any atom is 0.408 e. The number of carbonyl (C=O) groups excluding carboxylic acids is 3. The fourth-order valence-corrected chi connectivity index (χ4v) is 4.15. The number of carboxylic acid groups (broad SMARTS) is 1. The van der Waals surface area contributed by atoms with Gasteiger partial charge in [-0.25, -0.2) is 14.4 Å². The van der Waals surface area contributed by atoms with Gasteiger partial charge in [0.05, 0.1) is 0 Å². The van der Waals surface area contributed by atoms with Gasteiger partial charge >= 0.3 is 18.2 Å². The molecule has 0 fully saturated rings. The van der Waals surface area contributed by atoms with Crippen LogP contribution in [0.1, 0.15) is 51.2 Å². The van der Waals surface area contributed by atoms with Crippen molar-refractivity contribution in [2.45, 2.75) is 70.7 Å². The summed E-state index contributed by atoms with van der Waals surface area (Å²) in [5.74, 6) is -1.84. The van der Waals surface area contributed by atoms with E-state index in [1.165, 1.54) is 0 Å². The van der Waals surface area contributed by atoms with Gasteiger partial charge in [-0.05, 0) is 57.2 Å². The Morgan fingerprint density at radius 2 is 1.61 bits per heavy atom. The van der Waals surface area contributed by atoms with Gasteiger partial charge in [-0.1, -0.05) is 48.5 Å². The number of aromatic nitrogens is 1. The second-order valence-electron chi connectivity index (χ2n) is 10.6. The number of alkyl carbamates (subject to hydrolysis) is 2. The van der Waals surface area contributed by atoms with E-state index in [9.17, 15) is 24.3 Å². The number of carbonyl (C=O) groups is 4. The fourth-order valence-electron chi connectivity index (χ4n) is 4.15. The van der Waals surface area contributed by atoms with E-state index in [4.69, 9.17) is 9.47 Å². The highest BCUT2D eigenvalue weighted by Crippen LogP contribution is 2.19. The maximum atomic E-state index is 13.3. The summed E-state index contributed by atoms with van der Waals surface area (Å²) in [6.45, 7) is 5.56. The van der Waals surface area contributed by atoms with E-state index in [1.807, 2.05) is 54.6 Å². The second kappa shape index (κ2) is 14.7. The van der Waals surface area contributed by atoms with E-state index in [-0.39, 0.29) is 26.0 Å². The Bertz CT molecular complexity index is 1320. The van der Waals surface area contributed by atoms with Crippen LogP contribution in [0.25, 0.3) is 10.9 Å². The summed E-state index contributed by atoms with van der Waals surface area (Å²) in [6.07, 6.45) is 1.57. The lowest BCUT2D eigenvalue weighted by Gasteiger charge is -2.24. The van der Waals surface area contributed by atoms with Crippen LogP contribution in [0.3, 0.4) is 0 Å². The highest BCUT2D eigenvalue weighted by molar-refractivity contribution is 5.90. The highest BCUT2D eigenvalue weighted by atomic mass is 16.6. The topological polar surface area (TPSA) is 159 Å². The van der Waals surface area contributed by atoms with Crippen molar-refractivity contribution in [2.24, 2.45) is 0 Å². The zero-order chi connectivity index (χ0) is 29.8. The smallest absolute Gasteiger partial charge is 0.408 e. The molecule has 220 valence electrons. The first-order chi connectivity index (χ1) is 19.5. The first-order valence-electron chi connectivity index (χ1n) is 13.5. The number of hydrogen-bond donors (Lipinski definition) is 5. The molecule has 41 heavy (non-hydrogen) atoms. The van der Waals surface area contributed by atoms with Gasteiger partial charge in [0.2, 0.25) is 5.91 Å². The summed E-state index contributed by atoms with van der Waals surface area (Å²) in [5, 5.41) is 18.4. The Balaban J connectivity index is 1.53. The fraction of sp³-hybridized carbons (Fsp3) is 0.400. The molecule has 5 N–H and O–H groups in total. The number of rotatable bonds is 13. The normalized spacial score (nSPS) is 12.7. The van der Waals surface area contributed by atoms with E-state index in [0.717, 1.165) is 22.0 Å². The molecule has 0 saturated carbocycles. The van der Waals surface area contributed by atoms with Crippen LogP contribution in [0.5, 0.6) is 0 Å². The molecule has 11 heteroatoms. The summed E-state index contributed by atoms with van der Waals surface area (Å²) < 4.78 is 10.5. The van der Waals surface area contributed by atoms with Gasteiger partial charge in [-0.3, -0.25) is 4.79 Å². The molecule has 3 aromatic rings. The third-order valence-electron chi connectivity index (χ3n) is 6.12. The van der Waals surface area contributed by atoms with Crippen LogP contribution in [0.15, 0.2) is 60.8 Å². The first-order valence-corrected chi connectivity index (χ1v) is 13.5. The van der Waals surface area contributed by atoms with Crippen LogP contribution in [-0.2, 0) is 32.1 Å². The molecule has 0 aliphatic rings. The number of nitrogens with one attached hydrogen (secondary N) is 4. The van der Waals surface area contributed by atoms with Gasteiger partial charge in [-0.15, -0.1) is 0 Å². The maximum absolute atomic E-state index is 13.3. The molecule has 3 amide bonds. The number of fused-ring (bicyclic) bond motifs is 1. The molecule has 0 saturated heterocycles. The Morgan fingerprint density at radius 1 is 0.902 bits per heavy atom. The summed E-state index contributed by atoms with van der Waals surface area (Å²) in [4.78, 5) is 52.8. The van der Waals surface area contributed by atoms with Gasteiger partial charge < -0.3 is 35.5 Å². The number of aliphatic carboxylic acids is 1. The molecule has 1 heterocycles. The summed E-state index contributed by atoms with van der Waals surface area (Å²) in [6, 6.07) is 14.6. The Labute approximate surface area is 239 Å². The number of unbranched alkanes of at least 4 members (excludes halogenated alkanes) is 1. The highest BCUT2D eigenvalue weighted by Gasteiger charge is 2.29. The minimum Gasteiger partial charge on any atom is -0.480 e. The standard InChI is InChI=1S/C30H38N4O7/c1-30(2,3)41-29(39)34-25(17-21-18-32-23-14-8-7-13-22(21)23)26(35)33-24(27(36)37)15-9-10-16-31-28(38)40-19-20-11-5-4-6-12-20/h4-8,11-14,18,24-25,32H,9-10,15-17,19H2,1-3H3,(H,31,38)(H,33,35)(H,34,39)(H,36,37)/t24-,25-/m0/s1. The SMILES string of the molecule is CC(C)(C)OC(=O)N[C@@H](Cc1c[nH]c2ccccc12)C(=O)N[C@@H](CCCCNC(=O)OCc1ccccc1)C(=O)O. The number of benzene rings is 2. The molecular formula is C30H38N4O7. The van der Waals surface area contributed by atoms with Gasteiger partial charge in [-0.2, -0.15) is 0 Å². The molecule has 0 radical (unpaired) electrons. The number of carboxylic acids is 1. The number of ether oxygens (including phenoxy) is 2. The van der Waals surface area contributed by atoms with Crippen LogP contribution in [-0.4, -0.2) is 58.4 Å². The molecule has 2 atom stereocenters. The molecule has 11 nitrogen and oxygen atoms in total. The predicted molar refractivity (Wildman–Crippen MR) is 153 cm³/mol. The third kappa shape index (κ3) is 10.5. The molecule has 3 rings (SSSR count).